The van der Waals surface area contributed by atoms with Gasteiger partial charge in [-0.3, -0.25) is 14.5 Å². The molecule has 250 valence electrons. The number of fused-ring (bicyclic) bond motifs is 1. The lowest BCUT2D eigenvalue weighted by atomic mass is 9.90. The summed E-state index contributed by atoms with van der Waals surface area (Å²) in [6, 6.07) is 9.43. The summed E-state index contributed by atoms with van der Waals surface area (Å²) in [7, 11) is 0. The Morgan fingerprint density at radius 2 is 1.72 bits per heavy atom. The number of urea groups is 1. The molecule has 0 bridgehead atoms. The number of aromatic hydroxyl groups is 1. The molecular weight excluding hydrogens is 638 g/mol. The highest BCUT2D eigenvalue weighted by atomic mass is 19.4. The Kier molecular flexibility index (Phi) is 8.41. The van der Waals surface area contributed by atoms with E-state index in [9.17, 15) is 50.9 Å². The maximum Gasteiger partial charge on any atom is 0.430 e. The van der Waals surface area contributed by atoms with E-state index in [0.29, 0.717) is 36.5 Å². The number of alkyl halides is 6. The molecule has 1 unspecified atom stereocenters. The number of carbonyl (C=O) groups is 3. The number of aryl methyl sites for hydroxylation is 1. The fraction of sp³-hybridized carbons (Fsp3) is 0.344. The molecular formula is C32H28F6N2O7. The number of carbonyl (C=O) groups excluding carboxylic acids is 3. The predicted octanol–water partition coefficient (Wildman–Crippen LogP) is 6.03. The molecule has 3 aromatic carbocycles. The molecule has 3 aromatic rings. The quantitative estimate of drug-likeness (QED) is 0.145. The third-order valence-electron chi connectivity index (χ3n) is 8.16. The number of imide groups is 1. The number of rotatable bonds is 9. The fourth-order valence-corrected chi connectivity index (χ4v) is 5.56. The second kappa shape index (κ2) is 11.8. The second-order valence-corrected chi connectivity index (χ2v) is 11.4. The van der Waals surface area contributed by atoms with Crippen molar-refractivity contribution in [2.45, 2.75) is 56.6 Å². The summed E-state index contributed by atoms with van der Waals surface area (Å²) in [6.45, 7) is 2.90. The number of hydrogen-bond acceptors (Lipinski definition) is 7. The van der Waals surface area contributed by atoms with Crippen LogP contribution < -0.4 is 14.8 Å². The van der Waals surface area contributed by atoms with Gasteiger partial charge >= 0.3 is 18.4 Å². The van der Waals surface area contributed by atoms with E-state index in [1.54, 1.807) is 25.1 Å². The number of amides is 3. The first kappa shape index (κ1) is 33.6. The van der Waals surface area contributed by atoms with Crippen molar-refractivity contribution in [1.29, 1.82) is 0 Å². The molecule has 0 aliphatic carbocycles. The van der Waals surface area contributed by atoms with Crippen molar-refractivity contribution in [2.24, 2.45) is 0 Å². The van der Waals surface area contributed by atoms with Crippen molar-refractivity contribution < 1.29 is 60.4 Å². The average Bonchev–Trinajstić information content (AvgIpc) is 3.54. The normalized spacial score (nSPS) is 18.2. The zero-order valence-corrected chi connectivity index (χ0v) is 24.9. The smallest absolute Gasteiger partial charge is 0.430 e. The maximum absolute atomic E-state index is 13.4. The van der Waals surface area contributed by atoms with E-state index in [1.165, 1.54) is 13.0 Å². The molecule has 0 radical (unpaired) electrons. The van der Waals surface area contributed by atoms with Crippen LogP contribution in [-0.2, 0) is 28.8 Å². The molecule has 0 spiro atoms. The minimum Gasteiger partial charge on any atom is -0.507 e. The third kappa shape index (κ3) is 5.83. The highest BCUT2D eigenvalue weighted by Gasteiger charge is 2.71. The largest absolute Gasteiger partial charge is 0.507 e. The number of phenols is 1. The van der Waals surface area contributed by atoms with Crippen LogP contribution in [-0.4, -0.2) is 58.3 Å². The zero-order valence-electron chi connectivity index (χ0n) is 24.9. The van der Waals surface area contributed by atoms with Crippen LogP contribution in [0.5, 0.6) is 23.0 Å². The van der Waals surface area contributed by atoms with Crippen LogP contribution in [0.15, 0.2) is 54.6 Å². The molecule has 2 heterocycles. The predicted molar refractivity (Wildman–Crippen MR) is 152 cm³/mol. The molecule has 2 aliphatic heterocycles. The monoisotopic (exact) mass is 666 g/mol. The van der Waals surface area contributed by atoms with Gasteiger partial charge in [-0.1, -0.05) is 25.5 Å². The number of hydrogen-bond donors (Lipinski definition) is 3. The lowest BCUT2D eigenvalue weighted by molar-refractivity contribution is -0.376. The van der Waals surface area contributed by atoms with Crippen LogP contribution in [0.25, 0.3) is 0 Å². The minimum atomic E-state index is -6.07. The average molecular weight is 667 g/mol. The van der Waals surface area contributed by atoms with Gasteiger partial charge in [-0.15, -0.1) is 0 Å². The number of Topliss-reactive ketones (excluding diaryl/α,β-unsaturated/α-hetero) is 1. The Bertz CT molecular complexity index is 1740. The number of halogens is 6. The fourth-order valence-electron chi connectivity index (χ4n) is 5.56. The van der Waals surface area contributed by atoms with Crippen molar-refractivity contribution in [2.75, 3.05) is 13.2 Å². The van der Waals surface area contributed by atoms with E-state index in [0.717, 1.165) is 28.7 Å². The molecule has 3 amide bonds. The molecule has 0 saturated carbocycles. The Labute approximate surface area is 263 Å². The minimum absolute atomic E-state index is 0.0262. The first-order valence-corrected chi connectivity index (χ1v) is 14.3. The van der Waals surface area contributed by atoms with Gasteiger partial charge in [-0.05, 0) is 66.4 Å². The second-order valence-electron chi connectivity index (χ2n) is 11.4. The lowest BCUT2D eigenvalue weighted by Gasteiger charge is -2.33. The van der Waals surface area contributed by atoms with Crippen molar-refractivity contribution in [1.82, 2.24) is 10.2 Å². The summed E-state index contributed by atoms with van der Waals surface area (Å²) in [5.74, 6) is -1.73. The highest BCUT2D eigenvalue weighted by molar-refractivity contribution is 6.11. The first-order valence-electron chi connectivity index (χ1n) is 14.3. The molecule has 5 rings (SSSR count). The van der Waals surface area contributed by atoms with Crippen LogP contribution in [0.4, 0.5) is 31.1 Å². The van der Waals surface area contributed by atoms with Crippen LogP contribution in [0.3, 0.4) is 0 Å². The summed E-state index contributed by atoms with van der Waals surface area (Å²) in [5.41, 5.74) is -7.04. The van der Waals surface area contributed by atoms with Gasteiger partial charge in [0.25, 0.3) is 11.5 Å². The number of aliphatic hydroxyl groups is 1. The van der Waals surface area contributed by atoms with Crippen LogP contribution in [0.1, 0.15) is 52.9 Å². The molecule has 15 heteroatoms. The topological polar surface area (TPSA) is 125 Å². The number of ketones is 1. The third-order valence-corrected chi connectivity index (χ3v) is 8.16. The van der Waals surface area contributed by atoms with E-state index >= 15 is 0 Å². The van der Waals surface area contributed by atoms with Crippen molar-refractivity contribution in [3.05, 3.63) is 82.4 Å². The van der Waals surface area contributed by atoms with Crippen LogP contribution in [0.2, 0.25) is 0 Å². The molecule has 0 aromatic heterocycles. The molecule has 1 atom stereocenters. The summed E-state index contributed by atoms with van der Waals surface area (Å²) in [4.78, 5) is 40.0. The van der Waals surface area contributed by atoms with Gasteiger partial charge in [0.15, 0.2) is 5.78 Å². The summed E-state index contributed by atoms with van der Waals surface area (Å²) < 4.78 is 91.7. The molecule has 2 aliphatic rings. The highest BCUT2D eigenvalue weighted by Crippen LogP contribution is 2.51. The number of nitrogens with zero attached hydrogens (tertiary/aromatic N) is 1. The Morgan fingerprint density at radius 3 is 2.36 bits per heavy atom. The first-order chi connectivity index (χ1) is 21.9. The maximum atomic E-state index is 13.4. The van der Waals surface area contributed by atoms with Crippen LogP contribution >= 0.6 is 0 Å². The van der Waals surface area contributed by atoms with Crippen molar-refractivity contribution in [3.8, 4) is 23.0 Å². The number of ether oxygens (including phenoxy) is 2. The van der Waals surface area contributed by atoms with Crippen molar-refractivity contribution >= 4 is 17.7 Å². The summed E-state index contributed by atoms with van der Waals surface area (Å²) in [5, 5.41) is 23.0. The summed E-state index contributed by atoms with van der Waals surface area (Å²) >= 11 is 0. The molecule has 47 heavy (non-hydrogen) atoms. The van der Waals surface area contributed by atoms with Gasteiger partial charge in [0.05, 0.1) is 18.7 Å². The van der Waals surface area contributed by atoms with E-state index in [2.05, 4.69) is 5.32 Å². The molecule has 1 fully saturated rings. The zero-order chi connectivity index (χ0) is 34.5. The number of benzene rings is 3. The lowest BCUT2D eigenvalue weighted by Crippen LogP contribution is -2.53. The summed E-state index contributed by atoms with van der Waals surface area (Å²) in [6.07, 6.45) is -11.2. The van der Waals surface area contributed by atoms with E-state index < -0.39 is 59.1 Å². The Balaban J connectivity index is 1.34. The Morgan fingerprint density at radius 1 is 1.02 bits per heavy atom. The standard InChI is InChI=1S/C32H28F6N2O7/c1-3-4-17-14-20(30(45,31(33,34)35)32(36,37)38)6-10-26(17)47-21-7-8-22(23(41)15-21)24(42)16-40-27(43)29(2,39-28(40)44)19-5-9-25-18(13-19)11-12-46-25/h5-10,13-15,41,45H,3-4,11-12,16H2,1-2H3,(H,39,44). The SMILES string of the molecule is CCCc1cc(C(O)(C(F)(F)F)C(F)(F)F)ccc1Oc1ccc(C(=O)CN2C(=O)NC(C)(c3ccc4c(c3)CCO4)C2=O)c(O)c1. The van der Waals surface area contributed by atoms with Gasteiger partial charge in [0.2, 0.25) is 0 Å². The van der Waals surface area contributed by atoms with Gasteiger partial charge in [-0.25, -0.2) is 4.79 Å². The van der Waals surface area contributed by atoms with Crippen molar-refractivity contribution in [3.63, 3.8) is 0 Å². The van der Waals surface area contributed by atoms with E-state index in [-0.39, 0.29) is 35.5 Å². The van der Waals surface area contributed by atoms with Gasteiger partial charge in [0, 0.05) is 18.1 Å². The number of phenolic OH excluding ortho intramolecular Hbond substituents is 1. The van der Waals surface area contributed by atoms with Gasteiger partial charge < -0.3 is 25.0 Å². The van der Waals surface area contributed by atoms with Gasteiger partial charge in [-0.2, -0.15) is 26.3 Å². The molecule has 1 saturated heterocycles. The van der Waals surface area contributed by atoms with E-state index in [1.807, 2.05) is 0 Å². The Hall–Kier alpha value is -4.79. The van der Waals surface area contributed by atoms with E-state index in [4.69, 9.17) is 9.47 Å². The number of nitrogens with one attached hydrogen (secondary N) is 1. The van der Waals surface area contributed by atoms with Crippen LogP contribution in [0, 0.1) is 0 Å². The van der Waals surface area contributed by atoms with Gasteiger partial charge in [0.1, 0.15) is 28.5 Å². The molecule has 9 nitrogen and oxygen atoms in total. The molecule has 3 N–H and O–H groups in total.